The van der Waals surface area contributed by atoms with Crippen LogP contribution in [0.15, 0.2) is 59.5 Å². The van der Waals surface area contributed by atoms with Crippen LogP contribution in [0.2, 0.25) is 0 Å². The van der Waals surface area contributed by atoms with Crippen molar-refractivity contribution in [3.05, 3.63) is 65.7 Å². The fraction of sp³-hybridized carbons (Fsp3) is 0.520. The standard InChI is InChI=1S/C25H34NO3PS/c27-30(28)29-19-8-18-26-21-22-11-13-24(14-12-22)31-20-7-6-17-25(15-4-5-16-25)23-9-2-1-3-10-23/h1-3,9-14,26H,4-8,15-21H2/p+1. The maximum absolute atomic E-state index is 10.4. The molecule has 1 aliphatic rings. The molecule has 1 aliphatic carbocycles. The lowest BCUT2D eigenvalue weighted by Crippen LogP contribution is -2.21. The Morgan fingerprint density at radius 3 is 2.45 bits per heavy atom. The monoisotopic (exact) mass is 460 g/mol. The zero-order chi connectivity index (χ0) is 21.8. The smallest absolute Gasteiger partial charge is 0.313 e. The fourth-order valence-corrected chi connectivity index (χ4v) is 5.76. The maximum Gasteiger partial charge on any atom is 0.694 e. The van der Waals surface area contributed by atoms with E-state index in [1.54, 1.807) is 5.56 Å². The lowest BCUT2D eigenvalue weighted by Gasteiger charge is -2.30. The number of rotatable bonds is 14. The summed E-state index contributed by atoms with van der Waals surface area (Å²) in [5.74, 6) is 1.18. The molecule has 168 valence electrons. The molecule has 0 radical (unpaired) electrons. The fourth-order valence-electron chi connectivity index (χ4n) is 4.56. The molecular weight excluding hydrogens is 425 g/mol. The van der Waals surface area contributed by atoms with Crippen molar-refractivity contribution in [3.63, 3.8) is 0 Å². The van der Waals surface area contributed by atoms with Crippen molar-refractivity contribution in [1.82, 2.24) is 5.32 Å². The van der Waals surface area contributed by atoms with Gasteiger partial charge in [-0.05, 0) is 73.1 Å². The van der Waals surface area contributed by atoms with Gasteiger partial charge in [-0.15, -0.1) is 21.2 Å². The van der Waals surface area contributed by atoms with Crippen LogP contribution in [0, 0.1) is 0 Å². The van der Waals surface area contributed by atoms with Crippen molar-refractivity contribution in [1.29, 1.82) is 0 Å². The van der Waals surface area contributed by atoms with E-state index >= 15 is 0 Å². The molecule has 3 rings (SSSR count). The van der Waals surface area contributed by atoms with Crippen LogP contribution in [-0.4, -0.2) is 23.8 Å². The largest absolute Gasteiger partial charge is 0.694 e. The van der Waals surface area contributed by atoms with Crippen LogP contribution in [0.3, 0.4) is 0 Å². The average Bonchev–Trinajstić information content (AvgIpc) is 3.27. The van der Waals surface area contributed by atoms with E-state index in [1.165, 1.54) is 61.2 Å². The van der Waals surface area contributed by atoms with Gasteiger partial charge in [0.25, 0.3) is 0 Å². The first-order chi connectivity index (χ1) is 15.2. The van der Waals surface area contributed by atoms with Crippen molar-refractivity contribution < 1.29 is 14.0 Å². The van der Waals surface area contributed by atoms with Gasteiger partial charge in [0.15, 0.2) is 0 Å². The summed E-state index contributed by atoms with van der Waals surface area (Å²) in [5, 5.41) is 3.34. The van der Waals surface area contributed by atoms with E-state index in [0.29, 0.717) is 12.0 Å². The Hall–Kier alpha value is -1.23. The molecule has 0 amide bonds. The molecule has 2 aromatic carbocycles. The van der Waals surface area contributed by atoms with Gasteiger partial charge in [0.05, 0.1) is 0 Å². The van der Waals surface area contributed by atoms with Crippen molar-refractivity contribution in [2.24, 2.45) is 0 Å². The summed E-state index contributed by atoms with van der Waals surface area (Å²) in [6.07, 6.45) is 10.1. The number of hydrogen-bond donors (Lipinski definition) is 2. The van der Waals surface area contributed by atoms with Gasteiger partial charge < -0.3 is 5.32 Å². The Morgan fingerprint density at radius 2 is 1.74 bits per heavy atom. The third-order valence-electron chi connectivity index (χ3n) is 6.22. The first-order valence-corrected chi connectivity index (χ1v) is 13.6. The minimum atomic E-state index is -2.47. The molecule has 6 heteroatoms. The number of nitrogens with one attached hydrogen (secondary N) is 1. The number of thioether (sulfide) groups is 1. The first kappa shape index (κ1) is 24.4. The van der Waals surface area contributed by atoms with Crippen LogP contribution in [0.1, 0.15) is 62.5 Å². The molecule has 2 aromatic rings. The predicted molar refractivity (Wildman–Crippen MR) is 130 cm³/mol. The highest BCUT2D eigenvalue weighted by atomic mass is 32.2. The molecule has 1 fully saturated rings. The molecule has 0 spiro atoms. The van der Waals surface area contributed by atoms with Crippen molar-refractivity contribution >= 4 is 20.0 Å². The SMILES string of the molecule is O=[P+](O)OCCCNCc1ccc(SCCCCC2(c3ccccc3)CCCC2)cc1. The Bertz CT molecular complexity index is 779. The van der Waals surface area contributed by atoms with E-state index in [-0.39, 0.29) is 0 Å². The second-order valence-corrected chi connectivity index (χ2v) is 10.3. The second-order valence-electron chi connectivity index (χ2n) is 8.40. The van der Waals surface area contributed by atoms with Gasteiger partial charge in [0.2, 0.25) is 0 Å². The average molecular weight is 461 g/mol. The molecule has 2 N–H and O–H groups in total. The molecule has 4 nitrogen and oxygen atoms in total. The van der Waals surface area contributed by atoms with Crippen molar-refractivity contribution in [3.8, 4) is 0 Å². The van der Waals surface area contributed by atoms with Gasteiger partial charge >= 0.3 is 8.25 Å². The van der Waals surface area contributed by atoms with E-state index in [9.17, 15) is 4.57 Å². The van der Waals surface area contributed by atoms with Crippen LogP contribution in [0.4, 0.5) is 0 Å². The van der Waals surface area contributed by atoms with Gasteiger partial charge in [-0.2, -0.15) is 0 Å². The minimum Gasteiger partial charge on any atom is -0.313 e. The zero-order valence-corrected chi connectivity index (χ0v) is 20.0. The molecule has 1 atom stereocenters. The van der Waals surface area contributed by atoms with Crippen LogP contribution < -0.4 is 5.32 Å². The predicted octanol–water partition coefficient (Wildman–Crippen LogP) is 6.61. The van der Waals surface area contributed by atoms with Crippen LogP contribution in [0.5, 0.6) is 0 Å². The molecule has 31 heavy (non-hydrogen) atoms. The first-order valence-electron chi connectivity index (χ1n) is 11.4. The van der Waals surface area contributed by atoms with Crippen LogP contribution >= 0.6 is 20.0 Å². The van der Waals surface area contributed by atoms with E-state index in [4.69, 9.17) is 4.89 Å². The van der Waals surface area contributed by atoms with Crippen LogP contribution in [-0.2, 0) is 21.0 Å². The highest BCUT2D eigenvalue weighted by Crippen LogP contribution is 2.44. The lowest BCUT2D eigenvalue weighted by atomic mass is 9.75. The summed E-state index contributed by atoms with van der Waals surface area (Å²) in [5.41, 5.74) is 3.24. The summed E-state index contributed by atoms with van der Waals surface area (Å²) >= 11 is 1.96. The quantitative estimate of drug-likeness (QED) is 0.189. The van der Waals surface area contributed by atoms with Gasteiger partial charge in [-0.1, -0.05) is 61.7 Å². The molecule has 1 saturated carbocycles. The summed E-state index contributed by atoms with van der Waals surface area (Å²) in [7, 11) is -2.47. The molecule has 1 unspecified atom stereocenters. The second kappa shape index (κ2) is 13.3. The summed E-state index contributed by atoms with van der Waals surface area (Å²) < 4.78 is 15.1. The Morgan fingerprint density at radius 1 is 1.00 bits per heavy atom. The maximum atomic E-state index is 10.4. The van der Waals surface area contributed by atoms with Crippen molar-refractivity contribution in [2.45, 2.75) is 68.2 Å². The van der Waals surface area contributed by atoms with Gasteiger partial charge in [0.1, 0.15) is 6.61 Å². The van der Waals surface area contributed by atoms with E-state index in [1.807, 2.05) is 11.8 Å². The highest BCUT2D eigenvalue weighted by molar-refractivity contribution is 7.99. The van der Waals surface area contributed by atoms with E-state index in [0.717, 1.165) is 19.5 Å². The molecule has 0 aliphatic heterocycles. The topological polar surface area (TPSA) is 58.6 Å². The molecular formula is C25H35NO3PS+. The molecule has 0 bridgehead atoms. The van der Waals surface area contributed by atoms with Crippen LogP contribution in [0.25, 0.3) is 0 Å². The normalized spacial score (nSPS) is 15.8. The highest BCUT2D eigenvalue weighted by Gasteiger charge is 2.34. The molecule has 0 heterocycles. The van der Waals surface area contributed by atoms with Gasteiger partial charge in [-0.25, -0.2) is 0 Å². The Labute approximate surface area is 192 Å². The molecule has 0 aromatic heterocycles. The van der Waals surface area contributed by atoms with E-state index < -0.39 is 8.25 Å². The summed E-state index contributed by atoms with van der Waals surface area (Å²) in [6, 6.07) is 20.0. The number of hydrogen-bond acceptors (Lipinski definition) is 4. The summed E-state index contributed by atoms with van der Waals surface area (Å²) in [4.78, 5) is 9.91. The Kier molecular flexibility index (Phi) is 10.5. The lowest BCUT2D eigenvalue weighted by molar-refractivity contribution is 0.276. The number of benzene rings is 2. The minimum absolute atomic E-state index is 0.306. The number of unbranched alkanes of at least 4 members (excludes halogenated alkanes) is 1. The summed E-state index contributed by atoms with van der Waals surface area (Å²) in [6.45, 7) is 1.88. The molecule has 0 saturated heterocycles. The third-order valence-corrected chi connectivity index (χ3v) is 7.72. The van der Waals surface area contributed by atoms with Gasteiger partial charge in [0, 0.05) is 16.0 Å². The zero-order valence-electron chi connectivity index (χ0n) is 18.3. The third kappa shape index (κ3) is 8.32. The van der Waals surface area contributed by atoms with E-state index in [2.05, 4.69) is 64.4 Å². The van der Waals surface area contributed by atoms with Crippen molar-refractivity contribution in [2.75, 3.05) is 18.9 Å². The van der Waals surface area contributed by atoms with Gasteiger partial charge in [-0.3, -0.25) is 0 Å². The Balaban J connectivity index is 1.31.